The number of phosphoric acid groups is 1. The van der Waals surface area contributed by atoms with E-state index in [9.17, 15) is 19.0 Å². The van der Waals surface area contributed by atoms with E-state index in [0.29, 0.717) is 6.42 Å². The van der Waals surface area contributed by atoms with Crippen LogP contribution >= 0.6 is 7.82 Å². The standard InChI is InChI=1S/C61H116NO8P/c1-3-5-7-9-11-13-15-16-17-18-19-20-21-22-23-24-25-26-27-28-29-30-31-32-33-34-35-36-37-38-39-40-41-42-44-46-48-50-52-54-61(64)70-59(58-69-71(65,66)68-56-55-62)57-67-60(63)53-51-49-47-45-43-14-12-10-8-6-4-2/h15-16,18-19,21-22,59H,3-14,17,20,23-58,62H2,1-2H3,(H,65,66)/b16-15-,19-18-,22-21-. The van der Waals surface area contributed by atoms with Gasteiger partial charge in [-0.15, -0.1) is 0 Å². The Hall–Kier alpha value is -1.77. The number of allylic oxidation sites excluding steroid dienone is 6. The Balaban J connectivity index is 3.72. The maximum Gasteiger partial charge on any atom is 0.472 e. The van der Waals surface area contributed by atoms with Gasteiger partial charge in [-0.3, -0.25) is 18.6 Å². The largest absolute Gasteiger partial charge is 0.472 e. The third-order valence-electron chi connectivity index (χ3n) is 13.5. The maximum absolute atomic E-state index is 12.7. The number of carbonyl (C=O) groups is 2. The zero-order valence-electron chi connectivity index (χ0n) is 46.7. The van der Waals surface area contributed by atoms with Crippen molar-refractivity contribution in [2.24, 2.45) is 5.73 Å². The predicted octanol–water partition coefficient (Wildman–Crippen LogP) is 19.2. The molecule has 0 aromatic carbocycles. The zero-order valence-corrected chi connectivity index (χ0v) is 47.6. The molecule has 0 saturated carbocycles. The van der Waals surface area contributed by atoms with Crippen molar-refractivity contribution >= 4 is 19.8 Å². The number of ether oxygens (including phenoxy) is 2. The summed E-state index contributed by atoms with van der Waals surface area (Å²) in [4.78, 5) is 35.0. The van der Waals surface area contributed by atoms with Crippen LogP contribution in [0.25, 0.3) is 0 Å². The van der Waals surface area contributed by atoms with Crippen LogP contribution in [0.1, 0.15) is 309 Å². The Labute approximate surface area is 439 Å². The number of rotatable bonds is 58. The fraction of sp³-hybridized carbons (Fsp3) is 0.869. The summed E-state index contributed by atoms with van der Waals surface area (Å²) < 4.78 is 32.9. The van der Waals surface area contributed by atoms with Crippen LogP contribution in [0.3, 0.4) is 0 Å². The molecular formula is C61H116NO8P. The summed E-state index contributed by atoms with van der Waals surface area (Å²) in [5, 5.41) is 0. The van der Waals surface area contributed by atoms with Crippen molar-refractivity contribution in [1.82, 2.24) is 0 Å². The monoisotopic (exact) mass is 1020 g/mol. The maximum atomic E-state index is 12.7. The molecule has 0 aliphatic heterocycles. The van der Waals surface area contributed by atoms with E-state index in [1.54, 1.807) is 0 Å². The van der Waals surface area contributed by atoms with Gasteiger partial charge in [-0.25, -0.2) is 4.57 Å². The van der Waals surface area contributed by atoms with Crippen molar-refractivity contribution < 1.29 is 37.6 Å². The SMILES string of the molecule is CCCCCCC/C=C\C/C=C\C/C=C\CCCCCCCCCCCCCCCCCCCCCCCCCCC(=O)OC(COC(=O)CCCCCCCCCCCCC)COP(=O)(O)OCCN. The molecule has 0 aliphatic carbocycles. The Kier molecular flexibility index (Phi) is 56.1. The number of hydrogen-bond donors (Lipinski definition) is 2. The summed E-state index contributed by atoms with van der Waals surface area (Å²) in [5.74, 6) is -0.813. The first-order chi connectivity index (χ1) is 34.8. The van der Waals surface area contributed by atoms with Crippen molar-refractivity contribution in [3.05, 3.63) is 36.5 Å². The average Bonchev–Trinajstić information content (AvgIpc) is 3.36. The van der Waals surface area contributed by atoms with E-state index in [1.165, 1.54) is 231 Å². The smallest absolute Gasteiger partial charge is 0.462 e. The van der Waals surface area contributed by atoms with Gasteiger partial charge >= 0.3 is 19.8 Å². The first-order valence-electron chi connectivity index (χ1n) is 30.5. The van der Waals surface area contributed by atoms with Crippen molar-refractivity contribution in [3.63, 3.8) is 0 Å². The van der Waals surface area contributed by atoms with E-state index in [1.807, 2.05) is 0 Å². The summed E-state index contributed by atoms with van der Waals surface area (Å²) >= 11 is 0. The van der Waals surface area contributed by atoms with Gasteiger partial charge in [-0.1, -0.05) is 281 Å². The van der Waals surface area contributed by atoms with Gasteiger partial charge in [-0.05, 0) is 51.4 Å². The van der Waals surface area contributed by atoms with E-state index in [0.717, 1.165) is 44.9 Å². The van der Waals surface area contributed by atoms with Gasteiger partial charge in [0.2, 0.25) is 0 Å². The van der Waals surface area contributed by atoms with Gasteiger partial charge in [0.15, 0.2) is 6.10 Å². The highest BCUT2D eigenvalue weighted by Crippen LogP contribution is 2.43. The molecule has 0 fully saturated rings. The molecule has 0 amide bonds. The molecule has 0 radical (unpaired) electrons. The van der Waals surface area contributed by atoms with Crippen LogP contribution in [0, 0.1) is 0 Å². The lowest BCUT2D eigenvalue weighted by Gasteiger charge is -2.19. The Morgan fingerprint density at radius 1 is 0.423 bits per heavy atom. The first-order valence-corrected chi connectivity index (χ1v) is 32.0. The number of nitrogens with two attached hydrogens (primary N) is 1. The second kappa shape index (κ2) is 57.5. The van der Waals surface area contributed by atoms with Gasteiger partial charge in [0, 0.05) is 19.4 Å². The van der Waals surface area contributed by atoms with Crippen LogP contribution in [0.5, 0.6) is 0 Å². The second-order valence-corrected chi connectivity index (χ2v) is 22.0. The van der Waals surface area contributed by atoms with Crippen molar-refractivity contribution in [1.29, 1.82) is 0 Å². The molecule has 0 saturated heterocycles. The lowest BCUT2D eigenvalue weighted by Crippen LogP contribution is -2.29. The van der Waals surface area contributed by atoms with E-state index >= 15 is 0 Å². The number of carbonyl (C=O) groups excluding carboxylic acids is 2. The molecule has 2 atom stereocenters. The van der Waals surface area contributed by atoms with Gasteiger partial charge in [0.25, 0.3) is 0 Å². The van der Waals surface area contributed by atoms with Crippen LogP contribution in [0.4, 0.5) is 0 Å². The Bertz CT molecular complexity index is 1260. The summed E-state index contributed by atoms with van der Waals surface area (Å²) in [6, 6.07) is 0. The molecule has 0 spiro atoms. The first kappa shape index (κ1) is 69.2. The van der Waals surface area contributed by atoms with Gasteiger partial charge in [0.1, 0.15) is 6.61 Å². The molecule has 0 aromatic heterocycles. The molecule has 0 aliphatic rings. The molecule has 71 heavy (non-hydrogen) atoms. The van der Waals surface area contributed by atoms with Gasteiger partial charge in [-0.2, -0.15) is 0 Å². The quantitative estimate of drug-likeness (QED) is 0.0264. The van der Waals surface area contributed by atoms with Gasteiger partial charge < -0.3 is 20.1 Å². The highest BCUT2D eigenvalue weighted by atomic mass is 31.2. The number of phosphoric ester groups is 1. The molecule has 10 heteroatoms. The summed E-state index contributed by atoms with van der Waals surface area (Å²) in [7, 11) is -4.38. The molecule has 418 valence electrons. The lowest BCUT2D eigenvalue weighted by atomic mass is 10.0. The second-order valence-electron chi connectivity index (χ2n) is 20.6. The van der Waals surface area contributed by atoms with Crippen LogP contribution in [0.2, 0.25) is 0 Å². The minimum Gasteiger partial charge on any atom is -0.462 e. The van der Waals surface area contributed by atoms with Crippen LogP contribution < -0.4 is 5.73 Å². The zero-order chi connectivity index (χ0) is 51.7. The minimum absolute atomic E-state index is 0.0564. The van der Waals surface area contributed by atoms with E-state index in [4.69, 9.17) is 24.3 Å². The fourth-order valence-corrected chi connectivity index (χ4v) is 9.76. The summed E-state index contributed by atoms with van der Waals surface area (Å²) in [5.41, 5.74) is 5.37. The molecular weight excluding hydrogens is 906 g/mol. The van der Waals surface area contributed by atoms with E-state index in [2.05, 4.69) is 50.3 Å². The normalized spacial score (nSPS) is 13.2. The highest BCUT2D eigenvalue weighted by molar-refractivity contribution is 7.47. The number of unbranched alkanes of at least 4 members (excludes halogenated alkanes) is 39. The Morgan fingerprint density at radius 2 is 0.732 bits per heavy atom. The predicted molar refractivity (Wildman–Crippen MR) is 303 cm³/mol. The Morgan fingerprint density at radius 3 is 1.08 bits per heavy atom. The third-order valence-corrected chi connectivity index (χ3v) is 14.5. The van der Waals surface area contributed by atoms with Crippen LogP contribution in [-0.4, -0.2) is 49.3 Å². The number of hydrogen-bond acceptors (Lipinski definition) is 8. The average molecular weight is 1020 g/mol. The summed E-state index contributed by atoms with van der Waals surface area (Å²) in [6.45, 7) is 3.76. The molecule has 3 N–H and O–H groups in total. The van der Waals surface area contributed by atoms with Crippen molar-refractivity contribution in [2.45, 2.75) is 315 Å². The van der Waals surface area contributed by atoms with Crippen LogP contribution in [-0.2, 0) is 32.7 Å². The minimum atomic E-state index is -4.38. The van der Waals surface area contributed by atoms with Crippen molar-refractivity contribution in [2.75, 3.05) is 26.4 Å². The van der Waals surface area contributed by atoms with Crippen LogP contribution in [0.15, 0.2) is 36.5 Å². The van der Waals surface area contributed by atoms with E-state index in [-0.39, 0.29) is 38.6 Å². The van der Waals surface area contributed by atoms with Crippen molar-refractivity contribution in [3.8, 4) is 0 Å². The lowest BCUT2D eigenvalue weighted by molar-refractivity contribution is -0.161. The van der Waals surface area contributed by atoms with E-state index < -0.39 is 26.5 Å². The topological polar surface area (TPSA) is 134 Å². The third kappa shape index (κ3) is 57.4. The molecule has 2 unspecified atom stereocenters. The molecule has 0 rings (SSSR count). The molecule has 9 nitrogen and oxygen atoms in total. The molecule has 0 aromatic rings. The number of esters is 2. The molecule has 0 heterocycles. The summed E-state index contributed by atoms with van der Waals surface area (Å²) in [6.07, 6.45) is 69.6. The highest BCUT2D eigenvalue weighted by Gasteiger charge is 2.26. The molecule has 0 bridgehead atoms. The fourth-order valence-electron chi connectivity index (χ4n) is 9.00. The van der Waals surface area contributed by atoms with Gasteiger partial charge in [0.05, 0.1) is 13.2 Å².